The number of piperazine rings is 1. The maximum Gasteiger partial charge on any atom is 0.327 e. The summed E-state index contributed by atoms with van der Waals surface area (Å²) in [4.78, 5) is 32.7. The first-order valence-electron chi connectivity index (χ1n) is 8.37. The quantitative estimate of drug-likeness (QED) is 0.770. The van der Waals surface area contributed by atoms with E-state index in [1.165, 1.54) is 7.11 Å². The van der Waals surface area contributed by atoms with Crippen molar-refractivity contribution in [3.63, 3.8) is 0 Å². The van der Waals surface area contributed by atoms with Gasteiger partial charge in [0.15, 0.2) is 0 Å². The van der Waals surface area contributed by atoms with Crippen molar-refractivity contribution >= 4 is 23.5 Å². The largest absolute Gasteiger partial charge is 0.468 e. The number of hydrogen-bond acceptors (Lipinski definition) is 5. The molecule has 0 N–H and O–H groups in total. The molecule has 1 aromatic carbocycles. The molecule has 2 aromatic rings. The van der Waals surface area contributed by atoms with Gasteiger partial charge in [-0.25, -0.2) is 4.79 Å². The first kappa shape index (κ1) is 18.4. The van der Waals surface area contributed by atoms with Crippen LogP contribution in [0.15, 0.2) is 48.8 Å². The second kappa shape index (κ2) is 8.29. The number of benzene rings is 1. The Morgan fingerprint density at radius 1 is 1.04 bits per heavy atom. The minimum atomic E-state index is -0.504. The molecule has 1 atom stereocenters. The Labute approximate surface area is 157 Å². The van der Waals surface area contributed by atoms with E-state index in [1.807, 2.05) is 17.0 Å². The minimum absolute atomic E-state index is 0.0202. The average Bonchev–Trinajstić information content (AvgIpc) is 2.70. The predicted molar refractivity (Wildman–Crippen MR) is 97.9 cm³/mol. The Hall–Kier alpha value is -2.44. The van der Waals surface area contributed by atoms with Crippen LogP contribution in [-0.2, 0) is 9.53 Å². The molecule has 3 rings (SSSR count). The maximum absolute atomic E-state index is 12.5. The van der Waals surface area contributed by atoms with Gasteiger partial charge in [0, 0.05) is 49.2 Å². The van der Waals surface area contributed by atoms with Gasteiger partial charge in [0.25, 0.3) is 5.91 Å². The third-order valence-electron chi connectivity index (χ3n) is 4.50. The molecule has 1 aromatic heterocycles. The SMILES string of the molecule is COC(=O)C(c1ccc(Cl)cc1)N1CCN(C(=O)c2ccncc2)CC1. The first-order chi connectivity index (χ1) is 12.6. The van der Waals surface area contributed by atoms with E-state index in [0.29, 0.717) is 36.8 Å². The number of rotatable bonds is 4. The van der Waals surface area contributed by atoms with E-state index < -0.39 is 6.04 Å². The van der Waals surface area contributed by atoms with Crippen LogP contribution in [0.25, 0.3) is 0 Å². The lowest BCUT2D eigenvalue weighted by Gasteiger charge is -2.38. The number of pyridine rings is 1. The van der Waals surface area contributed by atoms with Gasteiger partial charge in [0.05, 0.1) is 7.11 Å². The number of ether oxygens (including phenoxy) is 1. The predicted octanol–water partition coefficient (Wildman–Crippen LogP) is 2.41. The molecule has 136 valence electrons. The second-order valence-electron chi connectivity index (χ2n) is 6.04. The van der Waals surface area contributed by atoms with Crippen LogP contribution < -0.4 is 0 Å². The molecule has 0 bridgehead atoms. The van der Waals surface area contributed by atoms with Crippen LogP contribution >= 0.6 is 11.6 Å². The van der Waals surface area contributed by atoms with Crippen molar-refractivity contribution < 1.29 is 14.3 Å². The molecule has 1 aliphatic heterocycles. The van der Waals surface area contributed by atoms with Crippen molar-refractivity contribution in [2.24, 2.45) is 0 Å². The molecule has 1 amide bonds. The van der Waals surface area contributed by atoms with Crippen LogP contribution in [0.5, 0.6) is 0 Å². The molecule has 6 nitrogen and oxygen atoms in total. The topological polar surface area (TPSA) is 62.7 Å². The average molecular weight is 374 g/mol. The highest BCUT2D eigenvalue weighted by Crippen LogP contribution is 2.25. The van der Waals surface area contributed by atoms with Gasteiger partial charge in [-0.05, 0) is 29.8 Å². The van der Waals surface area contributed by atoms with Gasteiger partial charge in [0.1, 0.15) is 6.04 Å². The van der Waals surface area contributed by atoms with Gasteiger partial charge in [-0.2, -0.15) is 0 Å². The Morgan fingerprint density at radius 2 is 1.65 bits per heavy atom. The number of hydrogen-bond donors (Lipinski definition) is 0. The molecule has 26 heavy (non-hydrogen) atoms. The van der Waals surface area contributed by atoms with Gasteiger partial charge < -0.3 is 9.64 Å². The Balaban J connectivity index is 1.71. The van der Waals surface area contributed by atoms with Crippen molar-refractivity contribution in [1.82, 2.24) is 14.8 Å². The summed E-state index contributed by atoms with van der Waals surface area (Å²) in [5.74, 6) is -0.339. The van der Waals surface area contributed by atoms with E-state index in [2.05, 4.69) is 4.98 Å². The summed E-state index contributed by atoms with van der Waals surface area (Å²) < 4.78 is 4.99. The summed E-state index contributed by atoms with van der Waals surface area (Å²) in [6.45, 7) is 2.25. The number of halogens is 1. The fraction of sp³-hybridized carbons (Fsp3) is 0.316. The van der Waals surface area contributed by atoms with E-state index in [4.69, 9.17) is 16.3 Å². The number of methoxy groups -OCH3 is 1. The third kappa shape index (κ3) is 4.03. The lowest BCUT2D eigenvalue weighted by Crippen LogP contribution is -2.51. The fourth-order valence-electron chi connectivity index (χ4n) is 3.11. The zero-order valence-corrected chi connectivity index (χ0v) is 15.2. The van der Waals surface area contributed by atoms with Gasteiger partial charge in [0.2, 0.25) is 0 Å². The van der Waals surface area contributed by atoms with Gasteiger partial charge in [-0.3, -0.25) is 14.7 Å². The van der Waals surface area contributed by atoms with E-state index >= 15 is 0 Å². The monoisotopic (exact) mass is 373 g/mol. The summed E-state index contributed by atoms with van der Waals surface area (Å²) in [6.07, 6.45) is 3.22. The third-order valence-corrected chi connectivity index (χ3v) is 4.76. The van der Waals surface area contributed by atoms with Gasteiger partial charge >= 0.3 is 5.97 Å². The highest BCUT2D eigenvalue weighted by Gasteiger charge is 2.32. The smallest absolute Gasteiger partial charge is 0.327 e. The number of nitrogens with zero attached hydrogens (tertiary/aromatic N) is 3. The molecule has 0 saturated carbocycles. The highest BCUT2D eigenvalue weighted by molar-refractivity contribution is 6.30. The Morgan fingerprint density at radius 3 is 2.23 bits per heavy atom. The van der Waals surface area contributed by atoms with Crippen LogP contribution in [0.3, 0.4) is 0 Å². The van der Waals surface area contributed by atoms with Crippen molar-refractivity contribution in [2.45, 2.75) is 6.04 Å². The van der Waals surface area contributed by atoms with Crippen LogP contribution in [-0.4, -0.2) is 59.9 Å². The first-order valence-corrected chi connectivity index (χ1v) is 8.74. The Kier molecular flexibility index (Phi) is 5.85. The van der Waals surface area contributed by atoms with E-state index in [0.717, 1.165) is 5.56 Å². The minimum Gasteiger partial charge on any atom is -0.468 e. The molecule has 2 heterocycles. The number of amides is 1. The van der Waals surface area contributed by atoms with Crippen molar-refractivity contribution in [2.75, 3.05) is 33.3 Å². The summed E-state index contributed by atoms with van der Waals surface area (Å²) in [6, 6.07) is 10.1. The Bertz CT molecular complexity index is 759. The van der Waals surface area contributed by atoms with Crippen LogP contribution in [0.1, 0.15) is 22.0 Å². The maximum atomic E-state index is 12.5. The normalized spacial score (nSPS) is 16.2. The molecule has 1 aliphatic rings. The molecular formula is C19H20ClN3O3. The fourth-order valence-corrected chi connectivity index (χ4v) is 3.24. The molecule has 0 aliphatic carbocycles. The molecule has 7 heteroatoms. The van der Waals surface area contributed by atoms with Crippen LogP contribution in [0.2, 0.25) is 5.02 Å². The van der Waals surface area contributed by atoms with Crippen LogP contribution in [0, 0.1) is 0 Å². The lowest BCUT2D eigenvalue weighted by atomic mass is 10.0. The number of carbonyl (C=O) groups excluding carboxylic acids is 2. The molecule has 1 saturated heterocycles. The zero-order valence-electron chi connectivity index (χ0n) is 14.5. The second-order valence-corrected chi connectivity index (χ2v) is 6.48. The number of carbonyl (C=O) groups is 2. The van der Waals surface area contributed by atoms with E-state index in [1.54, 1.807) is 41.6 Å². The molecular weight excluding hydrogens is 354 g/mol. The highest BCUT2D eigenvalue weighted by atomic mass is 35.5. The molecule has 0 radical (unpaired) electrons. The molecule has 1 unspecified atom stereocenters. The summed E-state index contributed by atoms with van der Waals surface area (Å²) in [7, 11) is 1.38. The van der Waals surface area contributed by atoms with Crippen molar-refractivity contribution in [3.05, 3.63) is 64.9 Å². The zero-order chi connectivity index (χ0) is 18.5. The van der Waals surface area contributed by atoms with Crippen molar-refractivity contribution in [3.8, 4) is 0 Å². The lowest BCUT2D eigenvalue weighted by molar-refractivity contribution is -0.148. The van der Waals surface area contributed by atoms with Crippen LogP contribution in [0.4, 0.5) is 0 Å². The van der Waals surface area contributed by atoms with Gasteiger partial charge in [-0.15, -0.1) is 0 Å². The number of esters is 1. The van der Waals surface area contributed by atoms with E-state index in [9.17, 15) is 9.59 Å². The summed E-state index contributed by atoms with van der Waals surface area (Å²) >= 11 is 5.95. The van der Waals surface area contributed by atoms with Gasteiger partial charge in [-0.1, -0.05) is 23.7 Å². The summed E-state index contributed by atoms with van der Waals surface area (Å²) in [5.41, 5.74) is 1.45. The van der Waals surface area contributed by atoms with E-state index in [-0.39, 0.29) is 11.9 Å². The molecule has 1 fully saturated rings. The van der Waals surface area contributed by atoms with Crippen molar-refractivity contribution in [1.29, 1.82) is 0 Å². The molecule has 0 spiro atoms. The number of aromatic nitrogens is 1. The summed E-state index contributed by atoms with van der Waals surface area (Å²) in [5, 5.41) is 0.616. The standard InChI is InChI=1S/C19H20ClN3O3/c1-26-19(25)17(14-2-4-16(20)5-3-14)22-10-12-23(13-11-22)18(24)15-6-8-21-9-7-15/h2-9,17H,10-13H2,1H3.